The van der Waals surface area contributed by atoms with Crippen molar-refractivity contribution in [3.63, 3.8) is 0 Å². The minimum Gasteiger partial charge on any atom is -0.392 e. The smallest absolute Gasteiger partial charge is 0.237 e. The molecule has 0 bridgehead atoms. The summed E-state index contributed by atoms with van der Waals surface area (Å²) in [5.41, 5.74) is 5.23. The number of carbonyl (C=O) groups excluding carboxylic acids is 1. The summed E-state index contributed by atoms with van der Waals surface area (Å²) in [5.74, 6) is -0.673. The molecule has 0 aliphatic rings. The Hall–Kier alpha value is -0.730. The molecule has 0 rings (SSSR count). The molecule has 0 spiro atoms. The fourth-order valence-electron chi connectivity index (χ4n) is 1.13. The van der Waals surface area contributed by atoms with Gasteiger partial charge in [-0.1, -0.05) is 19.1 Å². The molecule has 17 heavy (non-hydrogen) atoms. The van der Waals surface area contributed by atoms with Crippen LogP contribution in [0.2, 0.25) is 0 Å². The van der Waals surface area contributed by atoms with Crippen molar-refractivity contribution in [3.8, 4) is 0 Å². The van der Waals surface area contributed by atoms with E-state index in [9.17, 15) is 13.2 Å². The van der Waals surface area contributed by atoms with Crippen LogP contribution in [0.1, 0.15) is 13.3 Å². The Balaban J connectivity index is 4.84. The van der Waals surface area contributed by atoms with Crippen LogP contribution in [0.5, 0.6) is 0 Å². The first-order chi connectivity index (χ1) is 7.70. The van der Waals surface area contributed by atoms with Crippen molar-refractivity contribution >= 4 is 33.1 Å². The van der Waals surface area contributed by atoms with Crippen molar-refractivity contribution in [2.45, 2.75) is 13.3 Å². The van der Waals surface area contributed by atoms with Crippen LogP contribution in [0.25, 0.3) is 0 Å². The molecule has 2 N–H and O–H groups in total. The van der Waals surface area contributed by atoms with Gasteiger partial charge in [-0.25, -0.2) is 8.42 Å². The van der Waals surface area contributed by atoms with Crippen molar-refractivity contribution in [3.05, 3.63) is 0 Å². The number of sulfonamides is 1. The number of rotatable bonds is 7. The Morgan fingerprint density at radius 2 is 1.88 bits per heavy atom. The third-order valence-corrected chi connectivity index (χ3v) is 4.10. The van der Waals surface area contributed by atoms with Gasteiger partial charge < -0.3 is 10.6 Å². The van der Waals surface area contributed by atoms with E-state index in [2.05, 4.69) is 12.2 Å². The van der Waals surface area contributed by atoms with Gasteiger partial charge in [0.15, 0.2) is 0 Å². The van der Waals surface area contributed by atoms with E-state index in [0.29, 0.717) is 6.42 Å². The molecular formula is C9H19N3O3S2. The summed E-state index contributed by atoms with van der Waals surface area (Å²) in [4.78, 5) is 12.8. The van der Waals surface area contributed by atoms with Crippen molar-refractivity contribution in [1.82, 2.24) is 9.21 Å². The summed E-state index contributed by atoms with van der Waals surface area (Å²) in [6.45, 7) is 1.94. The first-order valence-corrected chi connectivity index (χ1v) is 7.18. The van der Waals surface area contributed by atoms with E-state index >= 15 is 0 Å². The fourth-order valence-corrected chi connectivity index (χ4v) is 2.89. The standard InChI is InChI=1S/C9H19N3O3S2/c1-4-5-12(6-9(13)11(2)3)17(14,15)7-8(10)16/h4-7H2,1-3H3,(H2,10,16). The highest BCUT2D eigenvalue weighted by atomic mass is 32.2. The molecule has 0 aromatic carbocycles. The van der Waals surface area contributed by atoms with Crippen molar-refractivity contribution in [1.29, 1.82) is 0 Å². The van der Waals surface area contributed by atoms with E-state index in [1.165, 1.54) is 4.90 Å². The number of amides is 1. The molecule has 0 unspecified atom stereocenters. The lowest BCUT2D eigenvalue weighted by Gasteiger charge is -2.22. The average Bonchev–Trinajstić information content (AvgIpc) is 2.14. The second-order valence-corrected chi connectivity index (χ2v) is 6.34. The van der Waals surface area contributed by atoms with Crippen molar-refractivity contribution < 1.29 is 13.2 Å². The molecule has 1 amide bonds. The lowest BCUT2D eigenvalue weighted by Crippen LogP contribution is -2.43. The molecule has 0 atom stereocenters. The third kappa shape index (κ3) is 5.94. The predicted molar refractivity (Wildman–Crippen MR) is 71.1 cm³/mol. The second kappa shape index (κ2) is 6.87. The normalized spacial score (nSPS) is 11.5. The van der Waals surface area contributed by atoms with Gasteiger partial charge in [0.2, 0.25) is 15.9 Å². The molecule has 0 saturated heterocycles. The molecule has 0 heterocycles. The quantitative estimate of drug-likeness (QED) is 0.630. The average molecular weight is 281 g/mol. The number of thiocarbonyl (C=S) groups is 1. The zero-order chi connectivity index (χ0) is 13.6. The maximum atomic E-state index is 11.9. The van der Waals surface area contributed by atoms with Crippen LogP contribution in [0.3, 0.4) is 0 Å². The largest absolute Gasteiger partial charge is 0.392 e. The summed E-state index contributed by atoms with van der Waals surface area (Å²) in [6.07, 6.45) is 0.622. The topological polar surface area (TPSA) is 83.7 Å². The van der Waals surface area contributed by atoms with Crippen LogP contribution in [-0.2, 0) is 14.8 Å². The van der Waals surface area contributed by atoms with Gasteiger partial charge in [0.05, 0.1) is 11.5 Å². The van der Waals surface area contributed by atoms with Gasteiger partial charge in [0.25, 0.3) is 0 Å². The molecule has 0 radical (unpaired) electrons. The summed E-state index contributed by atoms with van der Waals surface area (Å²) in [6, 6.07) is 0. The van der Waals surface area contributed by atoms with E-state index in [-0.39, 0.29) is 24.0 Å². The Kier molecular flexibility index (Phi) is 6.58. The highest BCUT2D eigenvalue weighted by Crippen LogP contribution is 2.04. The number of hydrogen-bond donors (Lipinski definition) is 1. The predicted octanol–water partition coefficient (Wildman–Crippen LogP) is -0.597. The zero-order valence-corrected chi connectivity index (χ0v) is 12.0. The fraction of sp³-hybridized carbons (Fsp3) is 0.778. The third-order valence-electron chi connectivity index (χ3n) is 2.00. The minimum absolute atomic E-state index is 0.0941. The van der Waals surface area contributed by atoms with Crippen LogP contribution in [0.15, 0.2) is 0 Å². The molecule has 0 aliphatic heterocycles. The first-order valence-electron chi connectivity index (χ1n) is 5.17. The second-order valence-electron chi connectivity index (χ2n) is 3.84. The number of hydrogen-bond acceptors (Lipinski definition) is 4. The van der Waals surface area contributed by atoms with Crippen LogP contribution < -0.4 is 5.73 Å². The number of nitrogens with two attached hydrogens (primary N) is 1. The number of likely N-dealkylation sites (N-methyl/N-ethyl adjacent to an activating group) is 1. The molecule has 8 heteroatoms. The van der Waals surface area contributed by atoms with E-state index in [4.69, 9.17) is 5.73 Å². The maximum Gasteiger partial charge on any atom is 0.237 e. The van der Waals surface area contributed by atoms with E-state index in [1.54, 1.807) is 14.1 Å². The summed E-state index contributed by atoms with van der Waals surface area (Å²) >= 11 is 4.59. The summed E-state index contributed by atoms with van der Waals surface area (Å²) < 4.78 is 24.9. The Morgan fingerprint density at radius 1 is 1.35 bits per heavy atom. The lowest BCUT2D eigenvalue weighted by atomic mass is 10.4. The molecular weight excluding hydrogens is 262 g/mol. The summed E-state index contributed by atoms with van der Waals surface area (Å²) in [7, 11) is -0.441. The number of carbonyl (C=O) groups is 1. The lowest BCUT2D eigenvalue weighted by molar-refractivity contribution is -0.128. The SMILES string of the molecule is CCCN(CC(=O)N(C)C)S(=O)(=O)CC(N)=S. The molecule has 6 nitrogen and oxygen atoms in total. The monoisotopic (exact) mass is 281 g/mol. The van der Waals surface area contributed by atoms with Gasteiger partial charge >= 0.3 is 0 Å². The molecule has 0 aliphatic carbocycles. The minimum atomic E-state index is -3.59. The van der Waals surface area contributed by atoms with Crippen molar-refractivity contribution in [2.75, 3.05) is 32.9 Å². The van der Waals surface area contributed by atoms with Crippen LogP contribution in [0.4, 0.5) is 0 Å². The Labute approximate surface area is 108 Å². The highest BCUT2D eigenvalue weighted by molar-refractivity contribution is 7.92. The highest BCUT2D eigenvalue weighted by Gasteiger charge is 2.25. The van der Waals surface area contributed by atoms with Gasteiger partial charge in [-0.2, -0.15) is 4.31 Å². The van der Waals surface area contributed by atoms with Gasteiger partial charge in [0.1, 0.15) is 5.75 Å². The van der Waals surface area contributed by atoms with Crippen LogP contribution >= 0.6 is 12.2 Å². The van der Waals surface area contributed by atoms with Gasteiger partial charge in [-0.05, 0) is 6.42 Å². The molecule has 0 fully saturated rings. The van der Waals surface area contributed by atoms with Gasteiger partial charge in [-0.15, -0.1) is 0 Å². The van der Waals surface area contributed by atoms with Crippen LogP contribution in [-0.4, -0.2) is 61.5 Å². The number of nitrogens with zero attached hydrogens (tertiary/aromatic N) is 2. The van der Waals surface area contributed by atoms with Crippen molar-refractivity contribution in [2.24, 2.45) is 5.73 Å². The van der Waals surface area contributed by atoms with Gasteiger partial charge in [-0.3, -0.25) is 4.79 Å². The van der Waals surface area contributed by atoms with Crippen LogP contribution in [0, 0.1) is 0 Å². The molecule has 100 valence electrons. The van der Waals surface area contributed by atoms with E-state index in [1.807, 2.05) is 6.92 Å². The van der Waals surface area contributed by atoms with E-state index < -0.39 is 15.8 Å². The Bertz CT molecular complexity index is 379. The zero-order valence-electron chi connectivity index (χ0n) is 10.3. The van der Waals surface area contributed by atoms with Gasteiger partial charge in [0, 0.05) is 20.6 Å². The maximum absolute atomic E-state index is 11.9. The van der Waals surface area contributed by atoms with E-state index in [0.717, 1.165) is 4.31 Å². The molecule has 0 aromatic heterocycles. The molecule has 0 saturated carbocycles. The summed E-state index contributed by atoms with van der Waals surface area (Å²) in [5, 5.41) is 0. The Morgan fingerprint density at radius 3 is 2.24 bits per heavy atom. The first kappa shape index (κ1) is 16.3. The molecule has 0 aromatic rings.